The highest BCUT2D eigenvalue weighted by atomic mass is 32.2. The Morgan fingerprint density at radius 2 is 2.04 bits per heavy atom. The molecule has 0 aliphatic heterocycles. The Morgan fingerprint density at radius 3 is 2.69 bits per heavy atom. The molecule has 0 bridgehead atoms. The standard InChI is InChI=1S/C19H24N2O3S2/c1-2-13-5-8-17-15(11-13)12-18(25-17)19(22)21-10-9-14-3-6-16(7-4-14)26(20,23)24/h3-4,6-7,12-13H,2,5,8-11H2,1H3,(H,21,22)(H2,20,23,24). The van der Waals surface area contributed by atoms with Crippen molar-refractivity contribution >= 4 is 27.3 Å². The van der Waals surface area contributed by atoms with Crippen molar-refractivity contribution in [1.82, 2.24) is 5.32 Å². The van der Waals surface area contributed by atoms with Crippen LogP contribution in [-0.2, 0) is 29.3 Å². The molecule has 1 aromatic carbocycles. The summed E-state index contributed by atoms with van der Waals surface area (Å²) in [6.07, 6.45) is 5.23. The van der Waals surface area contributed by atoms with Gasteiger partial charge in [-0.25, -0.2) is 13.6 Å². The largest absolute Gasteiger partial charge is 0.351 e. The van der Waals surface area contributed by atoms with Crippen LogP contribution < -0.4 is 10.5 Å². The maximum absolute atomic E-state index is 12.4. The molecule has 26 heavy (non-hydrogen) atoms. The number of primary sulfonamides is 1. The average molecular weight is 393 g/mol. The van der Waals surface area contributed by atoms with E-state index in [9.17, 15) is 13.2 Å². The topological polar surface area (TPSA) is 89.3 Å². The molecule has 0 radical (unpaired) electrons. The van der Waals surface area contributed by atoms with Crippen molar-refractivity contribution < 1.29 is 13.2 Å². The number of fused-ring (bicyclic) bond motifs is 1. The number of carbonyl (C=O) groups excluding carboxylic acids is 1. The van der Waals surface area contributed by atoms with Crippen LogP contribution in [0.3, 0.4) is 0 Å². The summed E-state index contributed by atoms with van der Waals surface area (Å²) in [5, 5.41) is 8.04. The van der Waals surface area contributed by atoms with E-state index in [1.54, 1.807) is 23.5 Å². The number of hydrogen-bond acceptors (Lipinski definition) is 4. The van der Waals surface area contributed by atoms with Crippen molar-refractivity contribution in [3.8, 4) is 0 Å². The van der Waals surface area contributed by atoms with Gasteiger partial charge in [0.2, 0.25) is 10.0 Å². The molecule has 1 aliphatic rings. The lowest BCUT2D eigenvalue weighted by Crippen LogP contribution is -2.24. The Labute approximate surface area is 158 Å². The zero-order chi connectivity index (χ0) is 18.7. The van der Waals surface area contributed by atoms with E-state index in [0.29, 0.717) is 13.0 Å². The minimum absolute atomic E-state index is 0.0291. The first-order valence-corrected chi connectivity index (χ1v) is 11.2. The predicted octanol–water partition coefficient (Wildman–Crippen LogP) is 2.88. The number of hydrogen-bond donors (Lipinski definition) is 2. The molecule has 7 heteroatoms. The summed E-state index contributed by atoms with van der Waals surface area (Å²) in [5.41, 5.74) is 2.30. The molecule has 1 heterocycles. The lowest BCUT2D eigenvalue weighted by molar-refractivity contribution is 0.0958. The number of nitrogens with two attached hydrogens (primary N) is 1. The van der Waals surface area contributed by atoms with Crippen LogP contribution in [0.2, 0.25) is 0 Å². The third-order valence-electron chi connectivity index (χ3n) is 4.94. The summed E-state index contributed by atoms with van der Waals surface area (Å²) >= 11 is 1.61. The molecule has 1 atom stereocenters. The number of amides is 1. The summed E-state index contributed by atoms with van der Waals surface area (Å²) in [5.74, 6) is 0.715. The van der Waals surface area contributed by atoms with Gasteiger partial charge in [0.1, 0.15) is 0 Å². The van der Waals surface area contributed by atoms with E-state index in [1.807, 2.05) is 0 Å². The number of sulfonamides is 1. The van der Waals surface area contributed by atoms with Crippen LogP contribution in [0.15, 0.2) is 35.2 Å². The van der Waals surface area contributed by atoms with E-state index < -0.39 is 10.0 Å². The van der Waals surface area contributed by atoms with E-state index in [4.69, 9.17) is 5.14 Å². The first-order chi connectivity index (χ1) is 12.4. The number of rotatable bonds is 6. The molecule has 1 aromatic heterocycles. The van der Waals surface area contributed by atoms with Gasteiger partial charge in [-0.2, -0.15) is 0 Å². The molecule has 1 unspecified atom stereocenters. The summed E-state index contributed by atoms with van der Waals surface area (Å²) in [6.45, 7) is 2.73. The summed E-state index contributed by atoms with van der Waals surface area (Å²) in [6, 6.07) is 8.48. The molecule has 0 fully saturated rings. The van der Waals surface area contributed by atoms with Gasteiger partial charge < -0.3 is 5.32 Å². The monoisotopic (exact) mass is 392 g/mol. The highest BCUT2D eigenvalue weighted by molar-refractivity contribution is 7.89. The van der Waals surface area contributed by atoms with Gasteiger partial charge in [-0.15, -0.1) is 11.3 Å². The minimum Gasteiger partial charge on any atom is -0.351 e. The van der Waals surface area contributed by atoms with Crippen molar-refractivity contribution in [2.24, 2.45) is 11.1 Å². The van der Waals surface area contributed by atoms with Crippen LogP contribution in [-0.4, -0.2) is 20.9 Å². The fourth-order valence-corrected chi connectivity index (χ4v) is 4.95. The van der Waals surface area contributed by atoms with Crippen LogP contribution in [0.5, 0.6) is 0 Å². The van der Waals surface area contributed by atoms with Crippen molar-refractivity contribution in [3.63, 3.8) is 0 Å². The molecule has 0 saturated heterocycles. The van der Waals surface area contributed by atoms with Crippen molar-refractivity contribution in [1.29, 1.82) is 0 Å². The molecule has 1 amide bonds. The molecule has 1 aliphatic carbocycles. The third-order valence-corrected chi connectivity index (χ3v) is 7.10. The van der Waals surface area contributed by atoms with Crippen LogP contribution in [0, 0.1) is 5.92 Å². The Bertz CT molecular complexity index is 886. The molecular weight excluding hydrogens is 368 g/mol. The van der Waals surface area contributed by atoms with E-state index in [2.05, 4.69) is 18.3 Å². The molecule has 2 aromatic rings. The second kappa shape index (κ2) is 7.90. The van der Waals surface area contributed by atoms with E-state index in [-0.39, 0.29) is 10.8 Å². The lowest BCUT2D eigenvalue weighted by atomic mass is 9.87. The van der Waals surface area contributed by atoms with Crippen LogP contribution in [0.4, 0.5) is 0 Å². The fraction of sp³-hybridized carbons (Fsp3) is 0.421. The predicted molar refractivity (Wildman–Crippen MR) is 104 cm³/mol. The Hall–Kier alpha value is -1.70. The van der Waals surface area contributed by atoms with Gasteiger partial charge in [-0.05, 0) is 60.9 Å². The SMILES string of the molecule is CCC1CCc2sc(C(=O)NCCc3ccc(S(N)(=O)=O)cc3)cc2C1. The Kier molecular flexibility index (Phi) is 5.79. The van der Waals surface area contributed by atoms with E-state index >= 15 is 0 Å². The Morgan fingerprint density at radius 1 is 1.31 bits per heavy atom. The summed E-state index contributed by atoms with van der Waals surface area (Å²) < 4.78 is 22.5. The number of thiophene rings is 1. The van der Waals surface area contributed by atoms with Gasteiger partial charge in [-0.1, -0.05) is 25.5 Å². The van der Waals surface area contributed by atoms with Crippen LogP contribution in [0.1, 0.15) is 45.4 Å². The van der Waals surface area contributed by atoms with E-state index in [0.717, 1.165) is 29.2 Å². The third kappa shape index (κ3) is 4.52. The van der Waals surface area contributed by atoms with Gasteiger partial charge in [0.15, 0.2) is 0 Å². The zero-order valence-electron chi connectivity index (χ0n) is 14.8. The number of nitrogens with one attached hydrogen (secondary N) is 1. The lowest BCUT2D eigenvalue weighted by Gasteiger charge is -2.19. The normalized spacial score (nSPS) is 16.9. The summed E-state index contributed by atoms with van der Waals surface area (Å²) in [4.78, 5) is 14.6. The van der Waals surface area contributed by atoms with Crippen LogP contribution in [0.25, 0.3) is 0 Å². The quantitative estimate of drug-likeness (QED) is 0.792. The molecule has 0 spiro atoms. The minimum atomic E-state index is -3.67. The van der Waals surface area contributed by atoms with Gasteiger partial charge in [0, 0.05) is 11.4 Å². The average Bonchev–Trinajstić information content (AvgIpc) is 3.04. The first-order valence-electron chi connectivity index (χ1n) is 8.88. The van der Waals surface area contributed by atoms with Crippen molar-refractivity contribution in [2.45, 2.75) is 43.9 Å². The molecular formula is C19H24N2O3S2. The molecule has 140 valence electrons. The smallest absolute Gasteiger partial charge is 0.261 e. The maximum atomic E-state index is 12.4. The summed E-state index contributed by atoms with van der Waals surface area (Å²) in [7, 11) is -3.67. The first kappa shape index (κ1) is 19.1. The van der Waals surface area contributed by atoms with Gasteiger partial charge >= 0.3 is 0 Å². The van der Waals surface area contributed by atoms with Crippen LogP contribution >= 0.6 is 11.3 Å². The second-order valence-corrected chi connectivity index (χ2v) is 9.47. The van der Waals surface area contributed by atoms with Gasteiger partial charge in [-0.3, -0.25) is 4.79 Å². The highest BCUT2D eigenvalue weighted by Crippen LogP contribution is 2.33. The highest BCUT2D eigenvalue weighted by Gasteiger charge is 2.21. The Balaban J connectivity index is 1.54. The molecule has 0 saturated carbocycles. The number of benzene rings is 1. The van der Waals surface area contributed by atoms with Gasteiger partial charge in [0.25, 0.3) is 5.91 Å². The molecule has 3 N–H and O–H groups in total. The van der Waals surface area contributed by atoms with E-state index in [1.165, 1.54) is 35.4 Å². The number of aryl methyl sites for hydroxylation is 1. The maximum Gasteiger partial charge on any atom is 0.261 e. The number of carbonyl (C=O) groups is 1. The second-order valence-electron chi connectivity index (χ2n) is 6.77. The van der Waals surface area contributed by atoms with Crippen molar-refractivity contribution in [2.75, 3.05) is 6.54 Å². The van der Waals surface area contributed by atoms with Gasteiger partial charge in [0.05, 0.1) is 9.77 Å². The molecule has 3 rings (SSSR count). The fourth-order valence-electron chi connectivity index (χ4n) is 3.31. The van der Waals surface area contributed by atoms with Crippen molar-refractivity contribution in [3.05, 3.63) is 51.2 Å². The zero-order valence-corrected chi connectivity index (χ0v) is 16.5. The molecule has 5 nitrogen and oxygen atoms in total.